The molecule has 0 bridgehead atoms. The number of likely N-dealkylation sites (tertiary alicyclic amines) is 1. The zero-order valence-electron chi connectivity index (χ0n) is 17.1. The number of methoxy groups -OCH3 is 1. The molecule has 3 rings (SSSR count). The molecule has 2 heterocycles. The standard InChI is InChI=1S/C22H34N2O3S/c1-26-15-13-23-11-9-19(10-12-23)16-24(17-20-6-5-14-27-20)22(25)18-28-21-7-3-2-4-8-21/h2-4,7-8,19-20H,5-6,9-18H2,1H3/t20-/m1/s1. The van der Waals surface area contributed by atoms with Crippen LogP contribution in [0.3, 0.4) is 0 Å². The molecule has 2 fully saturated rings. The molecule has 1 atom stereocenters. The molecule has 1 aromatic rings. The highest BCUT2D eigenvalue weighted by atomic mass is 32.2. The van der Waals surface area contributed by atoms with E-state index in [0.29, 0.717) is 11.7 Å². The van der Waals surface area contributed by atoms with E-state index in [-0.39, 0.29) is 12.0 Å². The number of hydrogen-bond acceptors (Lipinski definition) is 5. The summed E-state index contributed by atoms with van der Waals surface area (Å²) in [7, 11) is 1.76. The van der Waals surface area contributed by atoms with Gasteiger partial charge >= 0.3 is 0 Å². The lowest BCUT2D eigenvalue weighted by Crippen LogP contribution is -2.44. The predicted octanol–water partition coefficient (Wildman–Crippen LogP) is 3.14. The van der Waals surface area contributed by atoms with Crippen LogP contribution in [0.2, 0.25) is 0 Å². The second kappa shape index (κ2) is 11.8. The molecule has 1 amide bonds. The summed E-state index contributed by atoms with van der Waals surface area (Å²) in [5.74, 6) is 1.33. The Hall–Kier alpha value is -1.08. The highest BCUT2D eigenvalue weighted by molar-refractivity contribution is 8.00. The van der Waals surface area contributed by atoms with E-state index in [2.05, 4.69) is 21.9 Å². The van der Waals surface area contributed by atoms with E-state index in [1.54, 1.807) is 18.9 Å². The Morgan fingerprint density at radius 1 is 1.21 bits per heavy atom. The van der Waals surface area contributed by atoms with E-state index in [0.717, 1.165) is 76.5 Å². The Morgan fingerprint density at radius 2 is 2.00 bits per heavy atom. The van der Waals surface area contributed by atoms with Crippen LogP contribution in [-0.4, -0.2) is 80.6 Å². The summed E-state index contributed by atoms with van der Waals surface area (Å²) in [6, 6.07) is 10.2. The van der Waals surface area contributed by atoms with Crippen LogP contribution < -0.4 is 0 Å². The second-order valence-corrected chi connectivity index (χ2v) is 8.86. The first-order valence-corrected chi connectivity index (χ1v) is 11.5. The fourth-order valence-corrected chi connectivity index (χ4v) is 4.81. The first kappa shape index (κ1) is 21.6. The average Bonchev–Trinajstić information content (AvgIpc) is 3.25. The van der Waals surface area contributed by atoms with Crippen molar-refractivity contribution in [1.29, 1.82) is 0 Å². The molecule has 6 heteroatoms. The summed E-state index contributed by atoms with van der Waals surface area (Å²) in [5.41, 5.74) is 0. The van der Waals surface area contributed by atoms with Crippen LogP contribution in [-0.2, 0) is 14.3 Å². The molecular formula is C22H34N2O3S. The monoisotopic (exact) mass is 406 g/mol. The Labute approximate surface area is 173 Å². The maximum absolute atomic E-state index is 13.0. The van der Waals surface area contributed by atoms with Gasteiger partial charge in [-0.2, -0.15) is 0 Å². The van der Waals surface area contributed by atoms with Crippen LogP contribution in [0.5, 0.6) is 0 Å². The topological polar surface area (TPSA) is 42.0 Å². The van der Waals surface area contributed by atoms with Gasteiger partial charge in [-0.05, 0) is 56.8 Å². The summed E-state index contributed by atoms with van der Waals surface area (Å²) in [4.78, 5) is 18.7. The number of piperidine rings is 1. The molecule has 0 radical (unpaired) electrons. The van der Waals surface area contributed by atoms with Crippen LogP contribution in [0.25, 0.3) is 0 Å². The van der Waals surface area contributed by atoms with Gasteiger partial charge in [0, 0.05) is 38.2 Å². The lowest BCUT2D eigenvalue weighted by molar-refractivity contribution is -0.130. The van der Waals surface area contributed by atoms with Crippen molar-refractivity contribution in [2.75, 3.05) is 58.8 Å². The highest BCUT2D eigenvalue weighted by Gasteiger charge is 2.27. The summed E-state index contributed by atoms with van der Waals surface area (Å²) in [6.45, 7) is 6.47. The number of carbonyl (C=O) groups is 1. The fraction of sp³-hybridized carbons (Fsp3) is 0.682. The van der Waals surface area contributed by atoms with Crippen LogP contribution in [0.15, 0.2) is 35.2 Å². The average molecular weight is 407 g/mol. The number of nitrogens with zero attached hydrogens (tertiary/aromatic N) is 2. The van der Waals surface area contributed by atoms with Gasteiger partial charge in [-0.3, -0.25) is 4.79 Å². The third-order valence-electron chi connectivity index (χ3n) is 5.70. The SMILES string of the molecule is COCCN1CCC(CN(C[C@H]2CCCO2)C(=O)CSc2ccccc2)CC1. The van der Waals surface area contributed by atoms with Crippen molar-refractivity contribution in [3.8, 4) is 0 Å². The van der Waals surface area contributed by atoms with Gasteiger partial charge in [-0.1, -0.05) is 18.2 Å². The molecule has 1 aromatic carbocycles. The number of rotatable bonds is 10. The minimum Gasteiger partial charge on any atom is -0.383 e. The summed E-state index contributed by atoms with van der Waals surface area (Å²) < 4.78 is 11.0. The van der Waals surface area contributed by atoms with E-state index < -0.39 is 0 Å². The Bertz CT molecular complexity index is 572. The minimum atomic E-state index is 0.215. The predicted molar refractivity (Wildman–Crippen MR) is 114 cm³/mol. The van der Waals surface area contributed by atoms with Crippen molar-refractivity contribution in [2.45, 2.75) is 36.7 Å². The number of carbonyl (C=O) groups excluding carboxylic acids is 1. The molecular weight excluding hydrogens is 372 g/mol. The maximum Gasteiger partial charge on any atom is 0.233 e. The van der Waals surface area contributed by atoms with Gasteiger partial charge in [-0.15, -0.1) is 11.8 Å². The van der Waals surface area contributed by atoms with Crippen LogP contribution in [0.1, 0.15) is 25.7 Å². The van der Waals surface area contributed by atoms with Gasteiger partial charge in [0.05, 0.1) is 18.5 Å². The highest BCUT2D eigenvalue weighted by Crippen LogP contribution is 2.23. The quantitative estimate of drug-likeness (QED) is 0.559. The van der Waals surface area contributed by atoms with Crippen molar-refractivity contribution in [3.05, 3.63) is 30.3 Å². The fourth-order valence-electron chi connectivity index (χ4n) is 3.99. The zero-order valence-corrected chi connectivity index (χ0v) is 17.9. The molecule has 0 saturated carbocycles. The molecule has 2 saturated heterocycles. The summed E-state index contributed by atoms with van der Waals surface area (Å²) in [6.07, 6.45) is 4.72. The van der Waals surface area contributed by atoms with Crippen molar-refractivity contribution in [3.63, 3.8) is 0 Å². The number of benzene rings is 1. The van der Waals surface area contributed by atoms with Crippen molar-refractivity contribution in [1.82, 2.24) is 9.80 Å². The van der Waals surface area contributed by atoms with E-state index in [4.69, 9.17) is 9.47 Å². The lowest BCUT2D eigenvalue weighted by atomic mass is 9.96. The van der Waals surface area contributed by atoms with E-state index in [1.165, 1.54) is 0 Å². The number of thioether (sulfide) groups is 1. The van der Waals surface area contributed by atoms with Crippen molar-refractivity contribution < 1.29 is 14.3 Å². The summed E-state index contributed by atoms with van der Waals surface area (Å²) >= 11 is 1.63. The van der Waals surface area contributed by atoms with E-state index >= 15 is 0 Å². The number of hydrogen-bond donors (Lipinski definition) is 0. The van der Waals surface area contributed by atoms with Crippen LogP contribution >= 0.6 is 11.8 Å². The molecule has 0 unspecified atom stereocenters. The van der Waals surface area contributed by atoms with Crippen LogP contribution in [0.4, 0.5) is 0 Å². The molecule has 0 aromatic heterocycles. The minimum absolute atomic E-state index is 0.215. The zero-order chi connectivity index (χ0) is 19.6. The molecule has 0 N–H and O–H groups in total. The van der Waals surface area contributed by atoms with E-state index in [9.17, 15) is 4.79 Å². The summed E-state index contributed by atoms with van der Waals surface area (Å²) in [5, 5.41) is 0. The van der Waals surface area contributed by atoms with Gasteiger partial charge < -0.3 is 19.3 Å². The van der Waals surface area contributed by atoms with Crippen molar-refractivity contribution in [2.24, 2.45) is 5.92 Å². The third-order valence-corrected chi connectivity index (χ3v) is 6.70. The van der Waals surface area contributed by atoms with Gasteiger partial charge in [0.2, 0.25) is 5.91 Å². The largest absolute Gasteiger partial charge is 0.383 e. The van der Waals surface area contributed by atoms with Gasteiger partial charge in [-0.25, -0.2) is 0 Å². The molecule has 0 spiro atoms. The van der Waals surface area contributed by atoms with Gasteiger partial charge in [0.25, 0.3) is 0 Å². The smallest absolute Gasteiger partial charge is 0.233 e. The lowest BCUT2D eigenvalue weighted by Gasteiger charge is -2.35. The van der Waals surface area contributed by atoms with Crippen molar-refractivity contribution >= 4 is 17.7 Å². The molecule has 2 aliphatic rings. The first-order chi connectivity index (χ1) is 13.7. The van der Waals surface area contributed by atoms with E-state index in [1.807, 2.05) is 18.2 Å². The first-order valence-electron chi connectivity index (χ1n) is 10.5. The number of ether oxygens (including phenoxy) is 2. The molecule has 2 aliphatic heterocycles. The molecule has 5 nitrogen and oxygen atoms in total. The van der Waals surface area contributed by atoms with Gasteiger partial charge in [0.1, 0.15) is 0 Å². The molecule has 28 heavy (non-hydrogen) atoms. The molecule has 156 valence electrons. The maximum atomic E-state index is 13.0. The van der Waals surface area contributed by atoms with Crippen LogP contribution in [0, 0.1) is 5.92 Å². The number of amides is 1. The second-order valence-electron chi connectivity index (χ2n) is 7.81. The Morgan fingerprint density at radius 3 is 2.68 bits per heavy atom. The Balaban J connectivity index is 1.50. The molecule has 0 aliphatic carbocycles. The normalized spacial score (nSPS) is 21.1. The Kier molecular flexibility index (Phi) is 9.12. The van der Waals surface area contributed by atoms with Gasteiger partial charge in [0.15, 0.2) is 0 Å². The third kappa shape index (κ3) is 7.07.